The lowest BCUT2D eigenvalue weighted by molar-refractivity contribution is -0.127. The Morgan fingerprint density at radius 3 is 2.42 bits per heavy atom. The molecule has 1 rings (SSSR count). The molecule has 0 bridgehead atoms. The predicted molar refractivity (Wildman–Crippen MR) is 44.1 cm³/mol. The van der Waals surface area contributed by atoms with E-state index < -0.39 is 11.9 Å². The molecule has 3 N–H and O–H groups in total. The van der Waals surface area contributed by atoms with Gasteiger partial charge in [0.15, 0.2) is 0 Å². The molecular formula is C8H14N2O2. The van der Waals surface area contributed by atoms with E-state index in [1.165, 1.54) is 0 Å². The van der Waals surface area contributed by atoms with E-state index in [1.54, 1.807) is 6.92 Å². The number of hydrogen-bond acceptors (Lipinski definition) is 2. The SMILES string of the molecule is C[C@H](NC(=O)[C@H]1C[C@@H]1C)C(N)=O. The van der Waals surface area contributed by atoms with Crippen LogP contribution in [0, 0.1) is 11.8 Å². The average Bonchev–Trinajstić information content (AvgIpc) is 2.66. The number of hydrogen-bond donors (Lipinski definition) is 2. The Bertz CT molecular complexity index is 215. The van der Waals surface area contributed by atoms with Gasteiger partial charge in [-0.15, -0.1) is 0 Å². The van der Waals surface area contributed by atoms with Gasteiger partial charge in [-0.3, -0.25) is 9.59 Å². The molecule has 1 saturated carbocycles. The lowest BCUT2D eigenvalue weighted by Gasteiger charge is -2.08. The number of amides is 2. The maximum Gasteiger partial charge on any atom is 0.239 e. The van der Waals surface area contributed by atoms with E-state index in [9.17, 15) is 9.59 Å². The molecule has 0 saturated heterocycles. The molecule has 4 heteroatoms. The Morgan fingerprint density at radius 1 is 1.58 bits per heavy atom. The van der Waals surface area contributed by atoms with Crippen molar-refractivity contribution in [2.24, 2.45) is 17.6 Å². The molecule has 12 heavy (non-hydrogen) atoms. The minimum atomic E-state index is -0.551. The van der Waals surface area contributed by atoms with Crippen molar-refractivity contribution in [3.63, 3.8) is 0 Å². The zero-order valence-corrected chi connectivity index (χ0v) is 7.33. The van der Waals surface area contributed by atoms with E-state index in [-0.39, 0.29) is 11.8 Å². The van der Waals surface area contributed by atoms with E-state index in [1.807, 2.05) is 6.92 Å². The van der Waals surface area contributed by atoms with Crippen LogP contribution in [0.2, 0.25) is 0 Å². The average molecular weight is 170 g/mol. The lowest BCUT2D eigenvalue weighted by Crippen LogP contribution is -2.43. The second-order valence-corrected chi connectivity index (χ2v) is 3.45. The largest absolute Gasteiger partial charge is 0.368 e. The Kier molecular flexibility index (Phi) is 2.35. The molecule has 1 fully saturated rings. The summed E-state index contributed by atoms with van der Waals surface area (Å²) in [4.78, 5) is 21.8. The first-order chi connectivity index (χ1) is 5.52. The quantitative estimate of drug-likeness (QED) is 0.606. The minimum Gasteiger partial charge on any atom is -0.368 e. The molecule has 2 amide bonds. The number of primary amides is 1. The first-order valence-corrected chi connectivity index (χ1v) is 4.12. The van der Waals surface area contributed by atoms with Crippen LogP contribution in [0.25, 0.3) is 0 Å². The Hall–Kier alpha value is -1.06. The predicted octanol–water partition coefficient (Wildman–Crippen LogP) is -0.368. The lowest BCUT2D eigenvalue weighted by atomic mass is 10.2. The third-order valence-electron chi connectivity index (χ3n) is 2.23. The van der Waals surface area contributed by atoms with Gasteiger partial charge in [-0.1, -0.05) is 6.92 Å². The van der Waals surface area contributed by atoms with Gasteiger partial charge in [-0.05, 0) is 19.3 Å². The summed E-state index contributed by atoms with van der Waals surface area (Å²) in [6.07, 6.45) is 0.928. The monoisotopic (exact) mass is 170 g/mol. The maximum absolute atomic E-state index is 11.2. The number of rotatable bonds is 3. The van der Waals surface area contributed by atoms with Crippen LogP contribution in [-0.4, -0.2) is 17.9 Å². The highest BCUT2D eigenvalue weighted by Crippen LogP contribution is 2.37. The third kappa shape index (κ3) is 1.96. The van der Waals surface area contributed by atoms with Crippen molar-refractivity contribution in [1.82, 2.24) is 5.32 Å². The van der Waals surface area contributed by atoms with Crippen LogP contribution >= 0.6 is 0 Å². The molecule has 0 aromatic carbocycles. The van der Waals surface area contributed by atoms with Crippen molar-refractivity contribution in [1.29, 1.82) is 0 Å². The molecule has 0 radical (unpaired) electrons. The second kappa shape index (κ2) is 3.13. The number of nitrogens with two attached hydrogens (primary N) is 1. The summed E-state index contributed by atoms with van der Waals surface area (Å²) in [5.41, 5.74) is 4.99. The van der Waals surface area contributed by atoms with E-state index in [0.717, 1.165) is 6.42 Å². The molecule has 0 aliphatic heterocycles. The van der Waals surface area contributed by atoms with E-state index in [4.69, 9.17) is 5.73 Å². The molecule has 3 atom stereocenters. The van der Waals surface area contributed by atoms with Gasteiger partial charge in [0, 0.05) is 5.92 Å². The van der Waals surface area contributed by atoms with Crippen LogP contribution in [0.1, 0.15) is 20.3 Å². The summed E-state index contributed by atoms with van der Waals surface area (Å²) < 4.78 is 0. The maximum atomic E-state index is 11.2. The fourth-order valence-corrected chi connectivity index (χ4v) is 1.08. The molecule has 1 aliphatic rings. The van der Waals surface area contributed by atoms with Crippen molar-refractivity contribution in [2.75, 3.05) is 0 Å². The molecule has 0 heterocycles. The number of carbonyl (C=O) groups excluding carboxylic acids is 2. The molecule has 0 aromatic heterocycles. The first-order valence-electron chi connectivity index (χ1n) is 4.12. The fourth-order valence-electron chi connectivity index (χ4n) is 1.08. The highest BCUT2D eigenvalue weighted by molar-refractivity contribution is 5.88. The second-order valence-electron chi connectivity index (χ2n) is 3.45. The highest BCUT2D eigenvalue weighted by Gasteiger charge is 2.39. The zero-order valence-electron chi connectivity index (χ0n) is 7.33. The van der Waals surface area contributed by atoms with E-state index in [2.05, 4.69) is 5.32 Å². The smallest absolute Gasteiger partial charge is 0.239 e. The van der Waals surface area contributed by atoms with Gasteiger partial charge in [-0.25, -0.2) is 0 Å². The number of nitrogens with one attached hydrogen (secondary N) is 1. The molecule has 0 spiro atoms. The van der Waals surface area contributed by atoms with Crippen molar-refractivity contribution < 1.29 is 9.59 Å². The molecule has 4 nitrogen and oxygen atoms in total. The van der Waals surface area contributed by atoms with E-state index in [0.29, 0.717) is 5.92 Å². The van der Waals surface area contributed by atoms with Gasteiger partial charge in [0.25, 0.3) is 0 Å². The molecule has 1 aliphatic carbocycles. The van der Waals surface area contributed by atoms with Crippen LogP contribution in [0.4, 0.5) is 0 Å². The van der Waals surface area contributed by atoms with Crippen molar-refractivity contribution in [2.45, 2.75) is 26.3 Å². The van der Waals surface area contributed by atoms with Crippen LogP contribution in [-0.2, 0) is 9.59 Å². The summed E-state index contributed by atoms with van der Waals surface area (Å²) in [6.45, 7) is 3.60. The van der Waals surface area contributed by atoms with Gasteiger partial charge >= 0.3 is 0 Å². The topological polar surface area (TPSA) is 72.2 Å². The summed E-state index contributed by atoms with van der Waals surface area (Å²) in [7, 11) is 0. The Balaban J connectivity index is 2.31. The summed E-state index contributed by atoms with van der Waals surface area (Å²) >= 11 is 0. The van der Waals surface area contributed by atoms with Crippen LogP contribution in [0.3, 0.4) is 0 Å². The Morgan fingerprint density at radius 2 is 2.08 bits per heavy atom. The number of carbonyl (C=O) groups is 2. The molecule has 0 aromatic rings. The highest BCUT2D eigenvalue weighted by atomic mass is 16.2. The summed E-state index contributed by atoms with van der Waals surface area (Å²) in [5.74, 6) is 0.0299. The van der Waals surface area contributed by atoms with E-state index >= 15 is 0 Å². The van der Waals surface area contributed by atoms with Gasteiger partial charge in [0.2, 0.25) is 11.8 Å². The molecular weight excluding hydrogens is 156 g/mol. The van der Waals surface area contributed by atoms with Crippen LogP contribution in [0.15, 0.2) is 0 Å². The molecule has 68 valence electrons. The van der Waals surface area contributed by atoms with Gasteiger partial charge in [-0.2, -0.15) is 0 Å². The van der Waals surface area contributed by atoms with Gasteiger partial charge in [0.05, 0.1) is 0 Å². The minimum absolute atomic E-state index is 0.0474. The van der Waals surface area contributed by atoms with Crippen molar-refractivity contribution >= 4 is 11.8 Å². The third-order valence-corrected chi connectivity index (χ3v) is 2.23. The first kappa shape index (κ1) is 9.03. The zero-order chi connectivity index (χ0) is 9.30. The van der Waals surface area contributed by atoms with Gasteiger partial charge < -0.3 is 11.1 Å². The van der Waals surface area contributed by atoms with Crippen molar-refractivity contribution in [3.8, 4) is 0 Å². The summed E-state index contributed by atoms with van der Waals surface area (Å²) in [5, 5.41) is 2.56. The molecule has 0 unspecified atom stereocenters. The van der Waals surface area contributed by atoms with Crippen LogP contribution in [0.5, 0.6) is 0 Å². The summed E-state index contributed by atoms with van der Waals surface area (Å²) in [6, 6.07) is -0.551. The van der Waals surface area contributed by atoms with Crippen molar-refractivity contribution in [3.05, 3.63) is 0 Å². The normalized spacial score (nSPS) is 29.2. The van der Waals surface area contributed by atoms with Crippen LogP contribution < -0.4 is 11.1 Å². The fraction of sp³-hybridized carbons (Fsp3) is 0.750. The standard InChI is InChI=1S/C8H14N2O2/c1-4-3-6(4)8(12)10-5(2)7(9)11/h4-6H,3H2,1-2H3,(H2,9,11)(H,10,12)/t4-,5-,6-/m0/s1. The Labute approximate surface area is 71.5 Å². The van der Waals surface area contributed by atoms with Gasteiger partial charge in [0.1, 0.15) is 6.04 Å².